The fourth-order valence-corrected chi connectivity index (χ4v) is 5.29. The van der Waals surface area contributed by atoms with E-state index in [1.807, 2.05) is 0 Å². The van der Waals surface area contributed by atoms with Gasteiger partial charge in [0.2, 0.25) is 5.91 Å². The van der Waals surface area contributed by atoms with E-state index in [1.54, 1.807) is 0 Å². The Kier molecular flexibility index (Phi) is 6.60. The van der Waals surface area contributed by atoms with E-state index in [0.717, 1.165) is 75.5 Å². The summed E-state index contributed by atoms with van der Waals surface area (Å²) in [5.74, 6) is 1.20. The number of benzene rings is 1. The molecule has 0 unspecified atom stereocenters. The van der Waals surface area contributed by atoms with E-state index in [1.165, 1.54) is 30.4 Å². The van der Waals surface area contributed by atoms with Gasteiger partial charge >= 0.3 is 0 Å². The molecule has 7 nitrogen and oxygen atoms in total. The van der Waals surface area contributed by atoms with Gasteiger partial charge in [0.05, 0.1) is 12.2 Å². The second-order valence-electron chi connectivity index (χ2n) is 9.92. The first kappa shape index (κ1) is 22.3. The maximum absolute atomic E-state index is 12.8. The predicted octanol–water partition coefficient (Wildman–Crippen LogP) is 2.58. The molecule has 33 heavy (non-hydrogen) atoms. The summed E-state index contributed by atoms with van der Waals surface area (Å²) in [5.41, 5.74) is 4.50. The first-order chi connectivity index (χ1) is 16.0. The lowest BCUT2D eigenvalue weighted by molar-refractivity contribution is -0.134. The van der Waals surface area contributed by atoms with Gasteiger partial charge in [0.25, 0.3) is 0 Å². The van der Waals surface area contributed by atoms with Crippen LogP contribution in [0.5, 0.6) is 0 Å². The van der Waals surface area contributed by atoms with Crippen molar-refractivity contribution < 1.29 is 4.79 Å². The van der Waals surface area contributed by atoms with E-state index in [4.69, 9.17) is 0 Å². The Morgan fingerprint density at radius 3 is 2.15 bits per heavy atom. The summed E-state index contributed by atoms with van der Waals surface area (Å²) in [4.78, 5) is 22.0. The second kappa shape index (κ2) is 9.77. The molecule has 2 aromatic rings. The Bertz CT molecular complexity index is 937. The molecule has 0 atom stereocenters. The molecule has 2 aliphatic heterocycles. The zero-order chi connectivity index (χ0) is 22.8. The number of hydrogen-bond donors (Lipinski definition) is 0. The summed E-state index contributed by atoms with van der Waals surface area (Å²) in [6, 6.07) is 11.4. The van der Waals surface area contributed by atoms with E-state index in [0.29, 0.717) is 6.54 Å². The number of aromatic nitrogens is 2. The van der Waals surface area contributed by atoms with Crippen LogP contribution < -0.4 is 4.90 Å². The molecule has 0 spiro atoms. The SMILES string of the molecule is Cc1cc(C)cc(-c2ccc(N3CCN(CC(=O)N4CCN(C5CCC5)CC4)CC3)nn2)c1. The number of carbonyl (C=O) groups excluding carboxylic acids is 1. The van der Waals surface area contributed by atoms with Crippen LogP contribution in [0.2, 0.25) is 0 Å². The van der Waals surface area contributed by atoms with Crippen LogP contribution in [0.1, 0.15) is 30.4 Å². The van der Waals surface area contributed by atoms with Gasteiger partial charge in [-0.2, -0.15) is 0 Å². The Morgan fingerprint density at radius 1 is 0.879 bits per heavy atom. The van der Waals surface area contributed by atoms with Gasteiger partial charge in [-0.25, -0.2) is 0 Å². The minimum absolute atomic E-state index is 0.286. The number of amides is 1. The zero-order valence-electron chi connectivity index (χ0n) is 20.0. The van der Waals surface area contributed by atoms with Crippen LogP contribution in [0.3, 0.4) is 0 Å². The fourth-order valence-electron chi connectivity index (χ4n) is 5.29. The highest BCUT2D eigenvalue weighted by molar-refractivity contribution is 5.78. The van der Waals surface area contributed by atoms with E-state index in [-0.39, 0.29) is 5.91 Å². The lowest BCUT2D eigenvalue weighted by Crippen LogP contribution is -2.56. The number of hydrogen-bond acceptors (Lipinski definition) is 6. The highest BCUT2D eigenvalue weighted by Crippen LogP contribution is 2.26. The molecular weight excluding hydrogens is 412 g/mol. The van der Waals surface area contributed by atoms with Crippen molar-refractivity contribution >= 4 is 11.7 Å². The van der Waals surface area contributed by atoms with Crippen molar-refractivity contribution in [1.82, 2.24) is 24.9 Å². The van der Waals surface area contributed by atoms with Crippen molar-refractivity contribution in [3.05, 3.63) is 41.5 Å². The molecule has 1 aliphatic carbocycles. The van der Waals surface area contributed by atoms with Gasteiger partial charge in [0, 0.05) is 64.0 Å². The maximum Gasteiger partial charge on any atom is 0.236 e. The summed E-state index contributed by atoms with van der Waals surface area (Å²) in [7, 11) is 0. The number of nitrogens with zero attached hydrogens (tertiary/aromatic N) is 6. The Hall–Kier alpha value is -2.51. The molecule has 0 N–H and O–H groups in total. The Morgan fingerprint density at radius 2 is 1.58 bits per heavy atom. The third kappa shape index (κ3) is 5.20. The van der Waals surface area contributed by atoms with Crippen molar-refractivity contribution in [2.75, 3.05) is 63.8 Å². The normalized spacial score (nSPS) is 20.7. The highest BCUT2D eigenvalue weighted by atomic mass is 16.2. The molecule has 0 radical (unpaired) electrons. The molecule has 0 bridgehead atoms. The van der Waals surface area contributed by atoms with Crippen molar-refractivity contribution in [1.29, 1.82) is 0 Å². The van der Waals surface area contributed by atoms with Crippen LogP contribution in [0.15, 0.2) is 30.3 Å². The molecule has 5 rings (SSSR count). The topological polar surface area (TPSA) is 55.8 Å². The third-order valence-electron chi connectivity index (χ3n) is 7.48. The summed E-state index contributed by atoms with van der Waals surface area (Å²) >= 11 is 0. The van der Waals surface area contributed by atoms with Crippen molar-refractivity contribution in [3.8, 4) is 11.3 Å². The molecule has 3 heterocycles. The van der Waals surface area contributed by atoms with Gasteiger partial charge in [-0.3, -0.25) is 14.6 Å². The monoisotopic (exact) mass is 448 g/mol. The molecule has 176 valence electrons. The van der Waals surface area contributed by atoms with Gasteiger partial charge in [-0.15, -0.1) is 10.2 Å². The van der Waals surface area contributed by atoms with Gasteiger partial charge in [0.1, 0.15) is 0 Å². The molecule has 7 heteroatoms. The fraction of sp³-hybridized carbons (Fsp3) is 0.577. The van der Waals surface area contributed by atoms with Crippen LogP contribution in [0.4, 0.5) is 5.82 Å². The molecule has 3 fully saturated rings. The molecule has 3 aliphatic rings. The van der Waals surface area contributed by atoms with Gasteiger partial charge in [-0.1, -0.05) is 23.6 Å². The molecule has 1 saturated carbocycles. The average molecular weight is 449 g/mol. The quantitative estimate of drug-likeness (QED) is 0.701. The smallest absolute Gasteiger partial charge is 0.236 e. The summed E-state index contributed by atoms with van der Waals surface area (Å²) in [6.45, 7) is 12.1. The van der Waals surface area contributed by atoms with Crippen LogP contribution >= 0.6 is 0 Å². The van der Waals surface area contributed by atoms with Crippen LogP contribution in [0, 0.1) is 13.8 Å². The largest absolute Gasteiger partial charge is 0.353 e. The van der Waals surface area contributed by atoms with Crippen molar-refractivity contribution in [2.45, 2.75) is 39.2 Å². The van der Waals surface area contributed by atoms with E-state index >= 15 is 0 Å². The molecule has 1 amide bonds. The van der Waals surface area contributed by atoms with E-state index in [9.17, 15) is 4.79 Å². The molecule has 1 aromatic carbocycles. The van der Waals surface area contributed by atoms with E-state index in [2.05, 4.69) is 74.0 Å². The number of aryl methyl sites for hydroxylation is 2. The lowest BCUT2D eigenvalue weighted by atomic mass is 9.91. The highest BCUT2D eigenvalue weighted by Gasteiger charge is 2.30. The van der Waals surface area contributed by atoms with Crippen LogP contribution in [-0.2, 0) is 4.79 Å². The summed E-state index contributed by atoms with van der Waals surface area (Å²) < 4.78 is 0. The predicted molar refractivity (Wildman–Crippen MR) is 131 cm³/mol. The lowest BCUT2D eigenvalue weighted by Gasteiger charge is -2.43. The zero-order valence-corrected chi connectivity index (χ0v) is 20.0. The minimum Gasteiger partial charge on any atom is -0.353 e. The number of piperazine rings is 2. The van der Waals surface area contributed by atoms with Gasteiger partial charge in [-0.05, 0) is 51.0 Å². The third-order valence-corrected chi connectivity index (χ3v) is 7.48. The minimum atomic E-state index is 0.286. The number of anilines is 1. The number of rotatable bonds is 5. The maximum atomic E-state index is 12.8. The standard InChI is InChI=1S/C26H36N6O/c1-20-16-21(2)18-22(17-20)24-6-7-25(28-27-24)31-10-8-29(9-11-31)19-26(33)32-14-12-30(13-15-32)23-4-3-5-23/h6-7,16-18,23H,3-5,8-15,19H2,1-2H3. The van der Waals surface area contributed by atoms with Crippen molar-refractivity contribution in [3.63, 3.8) is 0 Å². The summed E-state index contributed by atoms with van der Waals surface area (Å²) in [6.07, 6.45) is 4.06. The average Bonchev–Trinajstić information content (AvgIpc) is 2.78. The first-order valence-corrected chi connectivity index (χ1v) is 12.5. The Labute approximate surface area is 197 Å². The Balaban J connectivity index is 1.09. The first-order valence-electron chi connectivity index (χ1n) is 12.5. The van der Waals surface area contributed by atoms with Crippen LogP contribution in [-0.4, -0.2) is 95.7 Å². The van der Waals surface area contributed by atoms with Gasteiger partial charge in [0.15, 0.2) is 5.82 Å². The van der Waals surface area contributed by atoms with E-state index < -0.39 is 0 Å². The van der Waals surface area contributed by atoms with Crippen LogP contribution in [0.25, 0.3) is 11.3 Å². The summed E-state index contributed by atoms with van der Waals surface area (Å²) in [5, 5.41) is 9.00. The van der Waals surface area contributed by atoms with Gasteiger partial charge < -0.3 is 9.80 Å². The second-order valence-corrected chi connectivity index (χ2v) is 9.92. The molecular formula is C26H36N6O. The molecule has 2 saturated heterocycles. The molecule has 1 aromatic heterocycles. The number of carbonyl (C=O) groups is 1. The van der Waals surface area contributed by atoms with Crippen molar-refractivity contribution in [2.24, 2.45) is 0 Å².